The summed E-state index contributed by atoms with van der Waals surface area (Å²) in [6, 6.07) is 12.1. The normalized spacial score (nSPS) is 21.1. The van der Waals surface area contributed by atoms with Crippen molar-refractivity contribution in [1.82, 2.24) is 19.1 Å². The van der Waals surface area contributed by atoms with Crippen LogP contribution in [0.1, 0.15) is 24.1 Å². The van der Waals surface area contributed by atoms with Gasteiger partial charge < -0.3 is 4.90 Å². The van der Waals surface area contributed by atoms with Crippen LogP contribution in [0.4, 0.5) is 0 Å². The van der Waals surface area contributed by atoms with Crippen molar-refractivity contribution in [3.63, 3.8) is 0 Å². The van der Waals surface area contributed by atoms with E-state index in [0.717, 1.165) is 30.9 Å². The maximum atomic E-state index is 13.2. The second-order valence-electron chi connectivity index (χ2n) is 8.01. The van der Waals surface area contributed by atoms with E-state index in [0.29, 0.717) is 32.5 Å². The van der Waals surface area contributed by atoms with Gasteiger partial charge in [0.1, 0.15) is 6.04 Å². The summed E-state index contributed by atoms with van der Waals surface area (Å²) in [4.78, 5) is 21.9. The number of sulfonamides is 1. The standard InChI is InChI=1S/C22H28N4O3S/c1-18-7-9-20(10-8-18)30(28,29)26-12-4-6-21(26)22(27)25-15-13-24(14-16-25)17-19-5-2-3-11-23-19/h2-3,5,7-11,21H,4,6,12-17H2,1H3/t21-/m0/s1. The van der Waals surface area contributed by atoms with E-state index in [1.807, 2.05) is 30.0 Å². The number of carbonyl (C=O) groups excluding carboxylic acids is 1. The summed E-state index contributed by atoms with van der Waals surface area (Å²) in [5, 5.41) is 0. The van der Waals surface area contributed by atoms with Crippen molar-refractivity contribution in [3.05, 3.63) is 59.9 Å². The van der Waals surface area contributed by atoms with Crippen molar-refractivity contribution in [2.24, 2.45) is 0 Å². The number of benzene rings is 1. The molecule has 4 rings (SSSR count). The van der Waals surface area contributed by atoms with Gasteiger partial charge in [0.15, 0.2) is 0 Å². The van der Waals surface area contributed by atoms with Crippen molar-refractivity contribution in [3.8, 4) is 0 Å². The molecule has 0 N–H and O–H groups in total. The molecule has 30 heavy (non-hydrogen) atoms. The first-order valence-corrected chi connectivity index (χ1v) is 11.9. The molecule has 0 bridgehead atoms. The van der Waals surface area contributed by atoms with Crippen molar-refractivity contribution < 1.29 is 13.2 Å². The number of pyridine rings is 1. The van der Waals surface area contributed by atoms with E-state index in [1.54, 1.807) is 30.5 Å². The van der Waals surface area contributed by atoms with E-state index in [9.17, 15) is 13.2 Å². The highest BCUT2D eigenvalue weighted by Gasteiger charge is 2.41. The van der Waals surface area contributed by atoms with Gasteiger partial charge in [0, 0.05) is 45.5 Å². The highest BCUT2D eigenvalue weighted by Crippen LogP contribution is 2.28. The third-order valence-electron chi connectivity index (χ3n) is 5.91. The minimum atomic E-state index is -3.67. The number of aromatic nitrogens is 1. The number of amides is 1. The molecule has 2 aliphatic heterocycles. The Kier molecular flexibility index (Phi) is 6.17. The molecule has 1 atom stereocenters. The summed E-state index contributed by atoms with van der Waals surface area (Å²) >= 11 is 0. The number of nitrogens with zero attached hydrogens (tertiary/aromatic N) is 4. The van der Waals surface area contributed by atoms with Crippen LogP contribution in [0, 0.1) is 6.92 Å². The maximum absolute atomic E-state index is 13.2. The van der Waals surface area contributed by atoms with Crippen LogP contribution >= 0.6 is 0 Å². The Morgan fingerprint density at radius 2 is 1.77 bits per heavy atom. The van der Waals surface area contributed by atoms with Gasteiger partial charge in [-0.1, -0.05) is 23.8 Å². The Hall–Kier alpha value is -2.29. The van der Waals surface area contributed by atoms with Crippen LogP contribution in [0.25, 0.3) is 0 Å². The maximum Gasteiger partial charge on any atom is 0.243 e. The lowest BCUT2D eigenvalue weighted by molar-refractivity contribution is -0.136. The predicted molar refractivity (Wildman–Crippen MR) is 114 cm³/mol. The fourth-order valence-corrected chi connectivity index (χ4v) is 5.83. The first kappa shape index (κ1) is 21.0. The lowest BCUT2D eigenvalue weighted by Gasteiger charge is -2.37. The molecule has 160 valence electrons. The van der Waals surface area contributed by atoms with Crippen LogP contribution in [0.3, 0.4) is 0 Å². The van der Waals surface area contributed by atoms with Crippen LogP contribution in [0.15, 0.2) is 53.6 Å². The lowest BCUT2D eigenvalue weighted by Crippen LogP contribution is -2.54. The number of piperazine rings is 1. The highest BCUT2D eigenvalue weighted by atomic mass is 32.2. The first-order chi connectivity index (χ1) is 14.4. The Bertz CT molecular complexity index is 971. The minimum Gasteiger partial charge on any atom is -0.339 e. The molecule has 3 heterocycles. The summed E-state index contributed by atoms with van der Waals surface area (Å²) < 4.78 is 27.7. The van der Waals surface area contributed by atoms with E-state index in [-0.39, 0.29) is 10.8 Å². The van der Waals surface area contributed by atoms with Gasteiger partial charge in [-0.2, -0.15) is 4.31 Å². The van der Waals surface area contributed by atoms with Crippen molar-refractivity contribution in [2.75, 3.05) is 32.7 Å². The summed E-state index contributed by atoms with van der Waals surface area (Å²) in [6.07, 6.45) is 3.08. The zero-order valence-corrected chi connectivity index (χ0v) is 18.1. The van der Waals surface area contributed by atoms with Gasteiger partial charge >= 0.3 is 0 Å². The molecule has 2 aliphatic rings. The smallest absolute Gasteiger partial charge is 0.243 e. The average Bonchev–Trinajstić information content (AvgIpc) is 3.26. The van der Waals surface area contributed by atoms with Crippen molar-refractivity contribution >= 4 is 15.9 Å². The first-order valence-electron chi connectivity index (χ1n) is 10.4. The van der Waals surface area contributed by atoms with E-state index < -0.39 is 16.1 Å². The zero-order valence-electron chi connectivity index (χ0n) is 17.3. The Balaban J connectivity index is 1.40. The number of carbonyl (C=O) groups is 1. The van der Waals surface area contributed by atoms with Gasteiger partial charge in [-0.05, 0) is 44.0 Å². The van der Waals surface area contributed by atoms with Crippen molar-refractivity contribution in [2.45, 2.75) is 37.2 Å². The molecule has 2 saturated heterocycles. The molecule has 0 aliphatic carbocycles. The van der Waals surface area contributed by atoms with Crippen molar-refractivity contribution in [1.29, 1.82) is 0 Å². The van der Waals surface area contributed by atoms with Gasteiger partial charge in [0.2, 0.25) is 15.9 Å². The number of hydrogen-bond acceptors (Lipinski definition) is 5. The van der Waals surface area contributed by atoms with Crippen LogP contribution in [0.2, 0.25) is 0 Å². The SMILES string of the molecule is Cc1ccc(S(=O)(=O)N2CCC[C@H]2C(=O)N2CCN(Cc3ccccn3)CC2)cc1. The van der Waals surface area contributed by atoms with Crippen LogP contribution < -0.4 is 0 Å². The van der Waals surface area contributed by atoms with Crippen LogP contribution in [-0.2, 0) is 21.4 Å². The van der Waals surface area contributed by atoms with Gasteiger partial charge in [-0.15, -0.1) is 0 Å². The van der Waals surface area contributed by atoms with Gasteiger partial charge in [-0.3, -0.25) is 14.7 Å². The predicted octanol–water partition coefficient (Wildman–Crippen LogP) is 1.89. The van der Waals surface area contributed by atoms with Crippen LogP contribution in [0.5, 0.6) is 0 Å². The summed E-state index contributed by atoms with van der Waals surface area (Å²) in [5.74, 6) is -0.0688. The third-order valence-corrected chi connectivity index (χ3v) is 7.83. The molecule has 0 spiro atoms. The molecular formula is C22H28N4O3S. The van der Waals surface area contributed by atoms with E-state index in [1.165, 1.54) is 4.31 Å². The Morgan fingerprint density at radius 3 is 2.43 bits per heavy atom. The molecule has 1 aromatic heterocycles. The summed E-state index contributed by atoms with van der Waals surface area (Å²) in [6.45, 7) is 5.83. The molecule has 0 radical (unpaired) electrons. The largest absolute Gasteiger partial charge is 0.339 e. The minimum absolute atomic E-state index is 0.0688. The highest BCUT2D eigenvalue weighted by molar-refractivity contribution is 7.89. The number of rotatable bonds is 5. The monoisotopic (exact) mass is 428 g/mol. The molecule has 1 amide bonds. The molecule has 7 nitrogen and oxygen atoms in total. The van der Waals surface area contributed by atoms with Gasteiger partial charge in [-0.25, -0.2) is 8.42 Å². The Labute approximate surface area is 178 Å². The third kappa shape index (κ3) is 4.40. The Morgan fingerprint density at radius 1 is 1.03 bits per heavy atom. The molecule has 2 fully saturated rings. The van der Waals surface area contributed by atoms with E-state index >= 15 is 0 Å². The van der Waals surface area contributed by atoms with Gasteiger partial charge in [0.05, 0.1) is 10.6 Å². The lowest BCUT2D eigenvalue weighted by atomic mass is 10.2. The molecule has 0 saturated carbocycles. The topological polar surface area (TPSA) is 73.8 Å². The molecule has 0 unspecified atom stereocenters. The zero-order chi connectivity index (χ0) is 21.1. The number of hydrogen-bond donors (Lipinski definition) is 0. The van der Waals surface area contributed by atoms with Gasteiger partial charge in [0.25, 0.3) is 0 Å². The van der Waals surface area contributed by atoms with E-state index in [4.69, 9.17) is 0 Å². The molecule has 8 heteroatoms. The van der Waals surface area contributed by atoms with E-state index in [2.05, 4.69) is 9.88 Å². The average molecular weight is 429 g/mol. The van der Waals surface area contributed by atoms with Crippen LogP contribution in [-0.4, -0.2) is 72.2 Å². The fourth-order valence-electron chi connectivity index (χ4n) is 4.18. The summed E-state index contributed by atoms with van der Waals surface area (Å²) in [7, 11) is -3.67. The molecule has 1 aromatic carbocycles. The second-order valence-corrected chi connectivity index (χ2v) is 9.90. The quantitative estimate of drug-likeness (QED) is 0.727. The second kappa shape index (κ2) is 8.83. The molecular weight excluding hydrogens is 400 g/mol. The fraction of sp³-hybridized carbons (Fsp3) is 0.455. The summed E-state index contributed by atoms with van der Waals surface area (Å²) in [5.41, 5.74) is 2.02. The molecule has 2 aromatic rings. The number of aryl methyl sites for hydroxylation is 1.